The minimum atomic E-state index is 0.0315. The zero-order valence-corrected chi connectivity index (χ0v) is 14.5. The van der Waals surface area contributed by atoms with Gasteiger partial charge in [-0.15, -0.1) is 0 Å². The molecule has 1 heterocycles. The highest BCUT2D eigenvalue weighted by molar-refractivity contribution is 9.10. The summed E-state index contributed by atoms with van der Waals surface area (Å²) in [4.78, 5) is 12.4. The fraction of sp³-hybridized carbons (Fsp3) is 0.389. The second kappa shape index (κ2) is 4.84. The van der Waals surface area contributed by atoms with Crippen LogP contribution in [0, 0.1) is 19.3 Å². The zero-order chi connectivity index (χ0) is 15.4. The number of Topliss-reactive ketones (excluding diaryl/α,β-unsaturated/α-hetero) is 1. The van der Waals surface area contributed by atoms with Gasteiger partial charge in [-0.05, 0) is 65.4 Å². The van der Waals surface area contributed by atoms with Crippen molar-refractivity contribution in [2.24, 2.45) is 5.41 Å². The van der Waals surface area contributed by atoms with Crippen molar-refractivity contribution in [1.29, 1.82) is 0 Å². The molecule has 0 fully saturated rings. The Balaban J connectivity index is 2.23. The van der Waals surface area contributed by atoms with Crippen molar-refractivity contribution >= 4 is 21.7 Å². The van der Waals surface area contributed by atoms with Crippen molar-refractivity contribution < 1.29 is 4.79 Å². The largest absolute Gasteiger partial charge is 0.316 e. The number of benzene rings is 1. The Bertz CT molecular complexity index is 740. The van der Waals surface area contributed by atoms with Gasteiger partial charge in [0, 0.05) is 27.8 Å². The third-order valence-electron chi connectivity index (χ3n) is 4.22. The Hall–Kier alpha value is -1.35. The molecule has 21 heavy (non-hydrogen) atoms. The van der Waals surface area contributed by atoms with Crippen LogP contribution >= 0.6 is 15.9 Å². The lowest BCUT2D eigenvalue weighted by Crippen LogP contribution is -2.27. The van der Waals surface area contributed by atoms with Crippen molar-refractivity contribution in [3.8, 4) is 5.69 Å². The van der Waals surface area contributed by atoms with Crippen molar-refractivity contribution in [1.82, 2.24) is 4.57 Å². The predicted molar refractivity (Wildman–Crippen MR) is 89.4 cm³/mol. The summed E-state index contributed by atoms with van der Waals surface area (Å²) in [6, 6.07) is 8.40. The molecule has 0 unspecified atom stereocenters. The molecule has 0 N–H and O–H groups in total. The Morgan fingerprint density at radius 3 is 2.52 bits per heavy atom. The standard InChI is InChI=1S/C18H20BrNO/c1-11-5-6-15(14(19)7-11)20-12(2)8-13-16(20)9-18(3,4)10-17(13)21/h5-8H,9-10H2,1-4H3. The molecule has 0 saturated heterocycles. The Kier molecular flexibility index (Phi) is 3.36. The molecule has 3 rings (SSSR count). The van der Waals surface area contributed by atoms with Gasteiger partial charge in [-0.3, -0.25) is 4.79 Å². The molecule has 0 saturated carbocycles. The first-order valence-corrected chi connectivity index (χ1v) is 8.09. The lowest BCUT2D eigenvalue weighted by Gasteiger charge is -2.30. The number of ketones is 1. The molecule has 1 aliphatic rings. The van der Waals surface area contributed by atoms with Crippen LogP contribution in [-0.2, 0) is 6.42 Å². The molecular formula is C18H20BrNO. The first-order chi connectivity index (χ1) is 9.78. The fourth-order valence-corrected chi connectivity index (χ4v) is 3.95. The number of fused-ring (bicyclic) bond motifs is 1. The minimum Gasteiger partial charge on any atom is -0.316 e. The molecule has 2 nitrogen and oxygen atoms in total. The molecule has 0 bridgehead atoms. The van der Waals surface area contributed by atoms with E-state index in [4.69, 9.17) is 0 Å². The van der Waals surface area contributed by atoms with E-state index in [1.54, 1.807) is 0 Å². The Morgan fingerprint density at radius 1 is 1.14 bits per heavy atom. The van der Waals surface area contributed by atoms with Gasteiger partial charge in [-0.1, -0.05) is 19.9 Å². The van der Waals surface area contributed by atoms with Crippen LogP contribution in [0.5, 0.6) is 0 Å². The number of carbonyl (C=O) groups excluding carboxylic acids is 1. The second-order valence-electron chi connectivity index (χ2n) is 6.88. The molecule has 0 aliphatic heterocycles. The maximum absolute atomic E-state index is 12.4. The summed E-state index contributed by atoms with van der Waals surface area (Å²) >= 11 is 3.67. The molecule has 0 spiro atoms. The van der Waals surface area contributed by atoms with Gasteiger partial charge in [0.15, 0.2) is 5.78 Å². The monoisotopic (exact) mass is 345 g/mol. The number of carbonyl (C=O) groups is 1. The van der Waals surface area contributed by atoms with E-state index < -0.39 is 0 Å². The van der Waals surface area contributed by atoms with Gasteiger partial charge in [-0.2, -0.15) is 0 Å². The molecular weight excluding hydrogens is 326 g/mol. The summed E-state index contributed by atoms with van der Waals surface area (Å²) in [6.07, 6.45) is 1.57. The van der Waals surface area contributed by atoms with Crippen molar-refractivity contribution in [3.05, 3.63) is 51.3 Å². The van der Waals surface area contributed by atoms with Gasteiger partial charge in [0.1, 0.15) is 0 Å². The maximum Gasteiger partial charge on any atom is 0.165 e. The molecule has 2 aromatic rings. The minimum absolute atomic E-state index is 0.0315. The van der Waals surface area contributed by atoms with Crippen molar-refractivity contribution in [2.45, 2.75) is 40.5 Å². The van der Waals surface area contributed by atoms with E-state index in [0.29, 0.717) is 6.42 Å². The smallest absolute Gasteiger partial charge is 0.165 e. The zero-order valence-electron chi connectivity index (χ0n) is 13.0. The van der Waals surface area contributed by atoms with Crippen molar-refractivity contribution in [3.63, 3.8) is 0 Å². The van der Waals surface area contributed by atoms with Gasteiger partial charge in [-0.25, -0.2) is 0 Å². The average Bonchev–Trinajstić information content (AvgIpc) is 2.65. The summed E-state index contributed by atoms with van der Waals surface area (Å²) in [5, 5.41) is 0. The Labute approximate surface area is 134 Å². The van der Waals surface area contributed by atoms with Gasteiger partial charge in [0.25, 0.3) is 0 Å². The van der Waals surface area contributed by atoms with Gasteiger partial charge < -0.3 is 4.57 Å². The molecule has 0 atom stereocenters. The maximum atomic E-state index is 12.4. The van der Waals surface area contributed by atoms with E-state index in [1.165, 1.54) is 5.56 Å². The number of hydrogen-bond acceptors (Lipinski definition) is 1. The van der Waals surface area contributed by atoms with E-state index in [0.717, 1.165) is 33.5 Å². The topological polar surface area (TPSA) is 22.0 Å². The molecule has 1 aliphatic carbocycles. The number of aryl methyl sites for hydroxylation is 2. The number of rotatable bonds is 1. The average molecular weight is 346 g/mol. The first-order valence-electron chi connectivity index (χ1n) is 7.29. The molecule has 3 heteroatoms. The summed E-state index contributed by atoms with van der Waals surface area (Å²) < 4.78 is 3.30. The summed E-state index contributed by atoms with van der Waals surface area (Å²) in [5.41, 5.74) is 5.54. The van der Waals surface area contributed by atoms with Gasteiger partial charge in [0.2, 0.25) is 0 Å². The van der Waals surface area contributed by atoms with E-state index in [9.17, 15) is 4.79 Å². The number of aromatic nitrogens is 1. The van der Waals surface area contributed by atoms with Crippen molar-refractivity contribution in [2.75, 3.05) is 0 Å². The van der Waals surface area contributed by atoms with Gasteiger partial charge in [0.05, 0.1) is 5.69 Å². The first kappa shape index (κ1) is 14.6. The second-order valence-corrected chi connectivity index (χ2v) is 7.73. The van der Waals surface area contributed by atoms with Crippen LogP contribution < -0.4 is 0 Å². The molecule has 110 valence electrons. The highest BCUT2D eigenvalue weighted by atomic mass is 79.9. The highest BCUT2D eigenvalue weighted by Crippen LogP contribution is 2.38. The van der Waals surface area contributed by atoms with Crippen LogP contribution in [0.4, 0.5) is 0 Å². The van der Waals surface area contributed by atoms with Crippen LogP contribution in [0.1, 0.15) is 47.6 Å². The number of hydrogen-bond donors (Lipinski definition) is 0. The molecule has 1 aromatic heterocycles. The Morgan fingerprint density at radius 2 is 1.86 bits per heavy atom. The van der Waals surface area contributed by atoms with E-state index >= 15 is 0 Å². The quantitative estimate of drug-likeness (QED) is 0.711. The molecule has 0 amide bonds. The van der Waals surface area contributed by atoms with Gasteiger partial charge >= 0.3 is 0 Å². The van der Waals surface area contributed by atoms with Crippen LogP contribution in [-0.4, -0.2) is 10.4 Å². The summed E-state index contributed by atoms with van der Waals surface area (Å²) in [6.45, 7) is 8.50. The predicted octanol–water partition coefficient (Wildman–Crippen LogP) is 5.01. The summed E-state index contributed by atoms with van der Waals surface area (Å²) in [5.74, 6) is 0.270. The van der Waals surface area contributed by atoms with Crippen LogP contribution in [0.3, 0.4) is 0 Å². The third kappa shape index (κ3) is 2.48. The van der Waals surface area contributed by atoms with Crippen LogP contribution in [0.15, 0.2) is 28.7 Å². The number of halogens is 1. The normalized spacial score (nSPS) is 16.9. The molecule has 0 radical (unpaired) electrons. The number of nitrogens with zero attached hydrogens (tertiary/aromatic N) is 1. The van der Waals surface area contributed by atoms with Crippen LogP contribution in [0.25, 0.3) is 5.69 Å². The third-order valence-corrected chi connectivity index (χ3v) is 4.85. The SMILES string of the molecule is Cc1ccc(-n2c(C)cc3c2CC(C)(C)CC3=O)c(Br)c1. The lowest BCUT2D eigenvalue weighted by atomic mass is 9.76. The lowest BCUT2D eigenvalue weighted by molar-refractivity contribution is 0.0911. The fourth-order valence-electron chi connectivity index (χ4n) is 3.28. The van der Waals surface area contributed by atoms with E-state index in [2.05, 4.69) is 66.4 Å². The highest BCUT2D eigenvalue weighted by Gasteiger charge is 2.34. The van der Waals surface area contributed by atoms with Crippen LogP contribution in [0.2, 0.25) is 0 Å². The van der Waals surface area contributed by atoms with E-state index in [1.807, 2.05) is 6.07 Å². The van der Waals surface area contributed by atoms with E-state index in [-0.39, 0.29) is 11.2 Å². The molecule has 1 aromatic carbocycles. The summed E-state index contributed by atoms with van der Waals surface area (Å²) in [7, 11) is 0.